The number of aromatic nitrogens is 4. The van der Waals surface area contributed by atoms with E-state index in [1.165, 1.54) is 0 Å². The second kappa shape index (κ2) is 7.79. The Bertz CT molecular complexity index is 966. The Labute approximate surface area is 159 Å². The van der Waals surface area contributed by atoms with E-state index in [1.54, 1.807) is 10.9 Å². The van der Waals surface area contributed by atoms with E-state index in [0.29, 0.717) is 18.8 Å². The SMILES string of the molecule is Cc1nn(-c2ccccn2)c(C)c1CCNC(=O)c1ccc(C(F)(F)F)nc1. The highest BCUT2D eigenvalue weighted by molar-refractivity contribution is 5.93. The second-order valence-corrected chi connectivity index (χ2v) is 6.18. The molecule has 0 atom stereocenters. The van der Waals surface area contributed by atoms with Gasteiger partial charge >= 0.3 is 6.18 Å². The van der Waals surface area contributed by atoms with Crippen molar-refractivity contribution in [3.05, 3.63) is 70.9 Å². The fraction of sp³-hybridized carbons (Fsp3) is 0.263. The van der Waals surface area contributed by atoms with Crippen molar-refractivity contribution in [1.29, 1.82) is 0 Å². The van der Waals surface area contributed by atoms with E-state index in [-0.39, 0.29) is 5.56 Å². The zero-order valence-corrected chi connectivity index (χ0v) is 15.3. The Morgan fingerprint density at radius 3 is 2.54 bits per heavy atom. The van der Waals surface area contributed by atoms with E-state index < -0.39 is 17.8 Å². The van der Waals surface area contributed by atoms with Gasteiger partial charge in [-0.1, -0.05) is 6.07 Å². The molecular weight excluding hydrogens is 371 g/mol. The lowest BCUT2D eigenvalue weighted by molar-refractivity contribution is -0.141. The van der Waals surface area contributed by atoms with Gasteiger partial charge in [0.05, 0.1) is 11.3 Å². The minimum absolute atomic E-state index is 0.0747. The normalized spacial score (nSPS) is 11.5. The molecule has 0 radical (unpaired) electrons. The monoisotopic (exact) mass is 389 g/mol. The summed E-state index contributed by atoms with van der Waals surface area (Å²) in [6.45, 7) is 4.12. The van der Waals surface area contributed by atoms with Crippen LogP contribution in [0.2, 0.25) is 0 Å². The number of hydrogen-bond donors (Lipinski definition) is 1. The van der Waals surface area contributed by atoms with Crippen LogP contribution in [0.5, 0.6) is 0 Å². The largest absolute Gasteiger partial charge is 0.433 e. The fourth-order valence-corrected chi connectivity index (χ4v) is 2.84. The van der Waals surface area contributed by atoms with Gasteiger partial charge in [0, 0.05) is 24.6 Å². The van der Waals surface area contributed by atoms with Crippen LogP contribution in [0.1, 0.15) is 33.0 Å². The minimum Gasteiger partial charge on any atom is -0.352 e. The zero-order chi connectivity index (χ0) is 20.3. The molecule has 3 heterocycles. The lowest BCUT2D eigenvalue weighted by Crippen LogP contribution is -2.26. The van der Waals surface area contributed by atoms with Crippen molar-refractivity contribution < 1.29 is 18.0 Å². The molecule has 0 aliphatic carbocycles. The van der Waals surface area contributed by atoms with Crippen molar-refractivity contribution in [2.45, 2.75) is 26.4 Å². The first-order valence-electron chi connectivity index (χ1n) is 8.55. The number of halogens is 3. The number of aryl methyl sites for hydroxylation is 1. The number of pyridine rings is 2. The van der Waals surface area contributed by atoms with E-state index in [4.69, 9.17) is 0 Å². The molecule has 0 fully saturated rings. The molecule has 146 valence electrons. The van der Waals surface area contributed by atoms with Crippen LogP contribution < -0.4 is 5.32 Å². The Morgan fingerprint density at radius 2 is 1.93 bits per heavy atom. The molecular formula is C19H18F3N5O. The summed E-state index contributed by atoms with van der Waals surface area (Å²) in [6, 6.07) is 7.45. The smallest absolute Gasteiger partial charge is 0.352 e. The van der Waals surface area contributed by atoms with Crippen molar-refractivity contribution in [1.82, 2.24) is 25.1 Å². The number of hydrogen-bond acceptors (Lipinski definition) is 4. The lowest BCUT2D eigenvalue weighted by Gasteiger charge is -2.08. The van der Waals surface area contributed by atoms with Crippen molar-refractivity contribution in [2.24, 2.45) is 0 Å². The van der Waals surface area contributed by atoms with Crippen molar-refractivity contribution in [3.63, 3.8) is 0 Å². The van der Waals surface area contributed by atoms with Crippen molar-refractivity contribution in [2.75, 3.05) is 6.54 Å². The molecule has 3 aromatic heterocycles. The van der Waals surface area contributed by atoms with Gasteiger partial charge in [0.2, 0.25) is 0 Å². The molecule has 0 aromatic carbocycles. The molecule has 28 heavy (non-hydrogen) atoms. The topological polar surface area (TPSA) is 72.7 Å². The zero-order valence-electron chi connectivity index (χ0n) is 15.3. The Kier molecular flexibility index (Phi) is 5.43. The highest BCUT2D eigenvalue weighted by Gasteiger charge is 2.32. The number of nitrogens with one attached hydrogen (secondary N) is 1. The van der Waals surface area contributed by atoms with Gasteiger partial charge in [-0.2, -0.15) is 18.3 Å². The molecule has 1 N–H and O–H groups in total. The molecule has 0 spiro atoms. The molecule has 0 aliphatic rings. The van der Waals surface area contributed by atoms with Crippen LogP contribution in [0.25, 0.3) is 5.82 Å². The van der Waals surface area contributed by atoms with Gasteiger partial charge in [-0.25, -0.2) is 9.67 Å². The summed E-state index contributed by atoms with van der Waals surface area (Å²) in [5.74, 6) is 0.225. The quantitative estimate of drug-likeness (QED) is 0.727. The van der Waals surface area contributed by atoms with Gasteiger partial charge in [-0.3, -0.25) is 9.78 Å². The molecule has 0 bridgehead atoms. The third-order valence-corrected chi connectivity index (χ3v) is 4.28. The third-order valence-electron chi connectivity index (χ3n) is 4.28. The summed E-state index contributed by atoms with van der Waals surface area (Å²) < 4.78 is 39.4. The number of rotatable bonds is 5. The number of amides is 1. The highest BCUT2D eigenvalue weighted by Crippen LogP contribution is 2.27. The third kappa shape index (κ3) is 4.19. The van der Waals surface area contributed by atoms with Gasteiger partial charge in [-0.15, -0.1) is 0 Å². The van der Waals surface area contributed by atoms with Gasteiger partial charge < -0.3 is 5.32 Å². The number of nitrogens with zero attached hydrogens (tertiary/aromatic N) is 4. The first-order valence-corrected chi connectivity index (χ1v) is 8.55. The van der Waals surface area contributed by atoms with Crippen LogP contribution in [0.4, 0.5) is 13.2 Å². The first kappa shape index (κ1) is 19.5. The minimum atomic E-state index is -4.53. The molecule has 3 aromatic rings. The number of carbonyl (C=O) groups excluding carboxylic acids is 1. The average Bonchev–Trinajstić information content (AvgIpc) is 2.96. The molecule has 3 rings (SSSR count). The van der Waals surface area contributed by atoms with Crippen LogP contribution >= 0.6 is 0 Å². The highest BCUT2D eigenvalue weighted by atomic mass is 19.4. The van der Waals surface area contributed by atoms with Gasteiger partial charge in [0.25, 0.3) is 5.91 Å². The summed E-state index contributed by atoms with van der Waals surface area (Å²) in [5.41, 5.74) is 1.77. The van der Waals surface area contributed by atoms with E-state index in [0.717, 1.165) is 35.3 Å². The van der Waals surface area contributed by atoms with Crippen LogP contribution in [0.3, 0.4) is 0 Å². The lowest BCUT2D eigenvalue weighted by atomic mass is 10.1. The summed E-state index contributed by atoms with van der Waals surface area (Å²) in [4.78, 5) is 19.7. The van der Waals surface area contributed by atoms with Gasteiger partial charge in [0.15, 0.2) is 5.82 Å². The molecule has 0 unspecified atom stereocenters. The van der Waals surface area contributed by atoms with E-state index in [2.05, 4.69) is 20.4 Å². The van der Waals surface area contributed by atoms with E-state index >= 15 is 0 Å². The number of alkyl halides is 3. The Morgan fingerprint density at radius 1 is 1.14 bits per heavy atom. The standard InChI is InChI=1S/C19H18F3N5O/c1-12-15(13(2)27(26-12)17-5-3-4-9-23-17)8-10-24-18(28)14-6-7-16(25-11-14)19(20,21)22/h3-7,9,11H,8,10H2,1-2H3,(H,24,28). The molecule has 6 nitrogen and oxygen atoms in total. The summed E-state index contributed by atoms with van der Waals surface area (Å²) in [6.07, 6.45) is -1.39. The Balaban J connectivity index is 1.64. The molecule has 0 saturated heterocycles. The number of carbonyl (C=O) groups is 1. The van der Waals surface area contributed by atoms with Crippen LogP contribution in [-0.2, 0) is 12.6 Å². The predicted octanol–water partition coefficient (Wildman–Crippen LogP) is 3.27. The summed E-state index contributed by atoms with van der Waals surface area (Å²) in [5, 5.41) is 7.19. The summed E-state index contributed by atoms with van der Waals surface area (Å²) in [7, 11) is 0. The average molecular weight is 389 g/mol. The van der Waals surface area contributed by atoms with Crippen LogP contribution in [0, 0.1) is 13.8 Å². The van der Waals surface area contributed by atoms with E-state index in [1.807, 2.05) is 32.0 Å². The second-order valence-electron chi connectivity index (χ2n) is 6.18. The van der Waals surface area contributed by atoms with Gasteiger partial charge in [0.1, 0.15) is 5.69 Å². The molecule has 9 heteroatoms. The first-order chi connectivity index (χ1) is 13.3. The summed E-state index contributed by atoms with van der Waals surface area (Å²) >= 11 is 0. The van der Waals surface area contributed by atoms with Crippen LogP contribution in [-0.4, -0.2) is 32.2 Å². The maximum atomic E-state index is 12.5. The maximum absolute atomic E-state index is 12.5. The molecule has 0 aliphatic heterocycles. The maximum Gasteiger partial charge on any atom is 0.433 e. The van der Waals surface area contributed by atoms with E-state index in [9.17, 15) is 18.0 Å². The van der Waals surface area contributed by atoms with Crippen molar-refractivity contribution >= 4 is 5.91 Å². The van der Waals surface area contributed by atoms with Gasteiger partial charge in [-0.05, 0) is 50.1 Å². The van der Waals surface area contributed by atoms with Crippen molar-refractivity contribution in [3.8, 4) is 5.82 Å². The fourth-order valence-electron chi connectivity index (χ4n) is 2.84. The molecule has 0 saturated carbocycles. The predicted molar refractivity (Wildman–Crippen MR) is 96.1 cm³/mol. The van der Waals surface area contributed by atoms with Crippen LogP contribution in [0.15, 0.2) is 42.7 Å². The molecule has 1 amide bonds. The Hall–Kier alpha value is -3.23.